The van der Waals surface area contributed by atoms with E-state index in [9.17, 15) is 4.79 Å². The SMILES string of the molecule is CCC1CCCCN1C(=O)CSc1ncccc1Cl. The van der Waals surface area contributed by atoms with Gasteiger partial charge in [0, 0.05) is 18.8 Å². The largest absolute Gasteiger partial charge is 0.339 e. The van der Waals surface area contributed by atoms with Crippen molar-refractivity contribution in [1.29, 1.82) is 0 Å². The Balaban J connectivity index is 1.92. The van der Waals surface area contributed by atoms with Gasteiger partial charge in [-0.05, 0) is 37.8 Å². The Morgan fingerprint density at radius 3 is 3.16 bits per heavy atom. The summed E-state index contributed by atoms with van der Waals surface area (Å²) in [6, 6.07) is 4.02. The van der Waals surface area contributed by atoms with Crippen molar-refractivity contribution in [3.8, 4) is 0 Å². The number of piperidine rings is 1. The van der Waals surface area contributed by atoms with E-state index in [1.807, 2.05) is 4.90 Å². The third kappa shape index (κ3) is 3.86. The van der Waals surface area contributed by atoms with Gasteiger partial charge in [0.1, 0.15) is 5.03 Å². The van der Waals surface area contributed by atoms with Crippen molar-refractivity contribution in [1.82, 2.24) is 9.88 Å². The van der Waals surface area contributed by atoms with Crippen LogP contribution in [0.15, 0.2) is 23.4 Å². The molecule has 0 saturated carbocycles. The zero-order chi connectivity index (χ0) is 13.7. The number of hydrogen-bond donors (Lipinski definition) is 0. The second-order valence-electron chi connectivity index (χ2n) is 4.72. The van der Waals surface area contributed by atoms with E-state index in [2.05, 4.69) is 11.9 Å². The van der Waals surface area contributed by atoms with Crippen LogP contribution in [0.25, 0.3) is 0 Å². The first kappa shape index (κ1) is 14.7. The minimum atomic E-state index is 0.207. The van der Waals surface area contributed by atoms with Gasteiger partial charge >= 0.3 is 0 Å². The second kappa shape index (κ2) is 7.15. The number of amides is 1. The molecule has 0 aromatic carbocycles. The van der Waals surface area contributed by atoms with Crippen molar-refractivity contribution in [2.24, 2.45) is 0 Å². The molecular weight excluding hydrogens is 280 g/mol. The van der Waals surface area contributed by atoms with Crippen molar-refractivity contribution in [2.75, 3.05) is 12.3 Å². The number of aromatic nitrogens is 1. The molecule has 1 saturated heterocycles. The second-order valence-corrected chi connectivity index (χ2v) is 6.10. The van der Waals surface area contributed by atoms with Gasteiger partial charge in [0.25, 0.3) is 0 Å². The summed E-state index contributed by atoms with van der Waals surface area (Å²) < 4.78 is 0. The summed E-state index contributed by atoms with van der Waals surface area (Å²) in [5.74, 6) is 0.631. The van der Waals surface area contributed by atoms with Gasteiger partial charge in [0.15, 0.2) is 0 Å². The normalized spacial score (nSPS) is 19.5. The van der Waals surface area contributed by atoms with E-state index in [-0.39, 0.29) is 5.91 Å². The van der Waals surface area contributed by atoms with Crippen LogP contribution in [0.5, 0.6) is 0 Å². The molecule has 1 amide bonds. The van der Waals surface area contributed by atoms with Crippen molar-refractivity contribution in [2.45, 2.75) is 43.7 Å². The van der Waals surface area contributed by atoms with Crippen LogP contribution in [-0.2, 0) is 4.79 Å². The molecule has 2 rings (SSSR count). The van der Waals surface area contributed by atoms with Gasteiger partial charge in [0.2, 0.25) is 5.91 Å². The van der Waals surface area contributed by atoms with Crippen molar-refractivity contribution in [3.05, 3.63) is 23.4 Å². The fraction of sp³-hybridized carbons (Fsp3) is 0.571. The van der Waals surface area contributed by atoms with Gasteiger partial charge in [-0.25, -0.2) is 4.98 Å². The molecule has 0 bridgehead atoms. The lowest BCUT2D eigenvalue weighted by Gasteiger charge is -2.35. The number of hydrogen-bond acceptors (Lipinski definition) is 3. The van der Waals surface area contributed by atoms with E-state index in [0.717, 1.165) is 30.8 Å². The lowest BCUT2D eigenvalue weighted by Crippen LogP contribution is -2.44. The molecule has 1 unspecified atom stereocenters. The molecule has 104 valence electrons. The molecule has 1 aliphatic heterocycles. The van der Waals surface area contributed by atoms with Crippen LogP contribution in [0.1, 0.15) is 32.6 Å². The van der Waals surface area contributed by atoms with Crippen LogP contribution in [-0.4, -0.2) is 34.1 Å². The predicted octanol–water partition coefficient (Wildman–Crippen LogP) is 3.62. The fourth-order valence-corrected chi connectivity index (χ4v) is 3.50. The quantitative estimate of drug-likeness (QED) is 0.796. The van der Waals surface area contributed by atoms with E-state index >= 15 is 0 Å². The summed E-state index contributed by atoms with van der Waals surface area (Å²) >= 11 is 7.47. The molecule has 1 aromatic heterocycles. The molecule has 1 atom stereocenters. The Morgan fingerprint density at radius 2 is 2.42 bits per heavy atom. The maximum Gasteiger partial charge on any atom is 0.233 e. The molecule has 19 heavy (non-hydrogen) atoms. The van der Waals surface area contributed by atoms with Crippen molar-refractivity contribution in [3.63, 3.8) is 0 Å². The van der Waals surface area contributed by atoms with Crippen molar-refractivity contribution >= 4 is 29.3 Å². The Kier molecular flexibility index (Phi) is 5.52. The minimum absolute atomic E-state index is 0.207. The number of nitrogens with zero attached hydrogens (tertiary/aromatic N) is 2. The Labute approximate surface area is 123 Å². The van der Waals surface area contributed by atoms with Crippen LogP contribution in [0.2, 0.25) is 5.02 Å². The van der Waals surface area contributed by atoms with E-state index in [1.165, 1.54) is 18.2 Å². The molecule has 1 aliphatic rings. The Hall–Kier alpha value is -0.740. The standard InChI is InChI=1S/C14H19ClN2OS/c1-2-11-6-3-4-9-17(11)13(18)10-19-14-12(15)7-5-8-16-14/h5,7-8,11H,2-4,6,9-10H2,1H3. The monoisotopic (exact) mass is 298 g/mol. The minimum Gasteiger partial charge on any atom is -0.339 e. The first-order chi connectivity index (χ1) is 9.22. The molecule has 3 nitrogen and oxygen atoms in total. The topological polar surface area (TPSA) is 33.2 Å². The number of halogens is 1. The molecule has 0 spiro atoms. The number of pyridine rings is 1. The first-order valence-electron chi connectivity index (χ1n) is 6.75. The van der Waals surface area contributed by atoms with E-state index < -0.39 is 0 Å². The lowest BCUT2D eigenvalue weighted by molar-refractivity contribution is -0.132. The van der Waals surface area contributed by atoms with Gasteiger partial charge in [-0.3, -0.25) is 4.79 Å². The maximum absolute atomic E-state index is 12.3. The zero-order valence-electron chi connectivity index (χ0n) is 11.1. The zero-order valence-corrected chi connectivity index (χ0v) is 12.7. The van der Waals surface area contributed by atoms with E-state index in [1.54, 1.807) is 18.3 Å². The van der Waals surface area contributed by atoms with E-state index in [4.69, 9.17) is 11.6 Å². The van der Waals surface area contributed by atoms with Crippen LogP contribution in [0, 0.1) is 0 Å². The van der Waals surface area contributed by atoms with Gasteiger partial charge in [0.05, 0.1) is 10.8 Å². The van der Waals surface area contributed by atoms with Crippen LogP contribution in [0.3, 0.4) is 0 Å². The van der Waals surface area contributed by atoms with E-state index in [0.29, 0.717) is 16.8 Å². The number of likely N-dealkylation sites (tertiary alicyclic amines) is 1. The smallest absolute Gasteiger partial charge is 0.233 e. The third-order valence-corrected chi connectivity index (χ3v) is 4.88. The predicted molar refractivity (Wildman–Crippen MR) is 79.6 cm³/mol. The molecule has 0 N–H and O–H groups in total. The summed E-state index contributed by atoms with van der Waals surface area (Å²) in [5.41, 5.74) is 0. The number of thioether (sulfide) groups is 1. The Morgan fingerprint density at radius 1 is 1.58 bits per heavy atom. The average molecular weight is 299 g/mol. The number of carbonyl (C=O) groups is 1. The van der Waals surface area contributed by atoms with Crippen LogP contribution < -0.4 is 0 Å². The summed E-state index contributed by atoms with van der Waals surface area (Å²) in [6.07, 6.45) is 6.24. The van der Waals surface area contributed by atoms with Gasteiger partial charge in [-0.1, -0.05) is 30.3 Å². The molecule has 0 aliphatic carbocycles. The Bertz CT molecular complexity index is 441. The molecule has 0 radical (unpaired) electrons. The molecule has 2 heterocycles. The average Bonchev–Trinajstić information content (AvgIpc) is 2.46. The number of carbonyl (C=O) groups excluding carboxylic acids is 1. The maximum atomic E-state index is 12.3. The molecule has 1 aromatic rings. The highest BCUT2D eigenvalue weighted by Gasteiger charge is 2.25. The van der Waals surface area contributed by atoms with Gasteiger partial charge in [-0.2, -0.15) is 0 Å². The summed E-state index contributed by atoms with van der Waals surface area (Å²) in [7, 11) is 0. The summed E-state index contributed by atoms with van der Waals surface area (Å²) in [6.45, 7) is 3.05. The van der Waals surface area contributed by atoms with Gasteiger partial charge in [-0.15, -0.1) is 0 Å². The third-order valence-electron chi connectivity index (χ3n) is 3.48. The van der Waals surface area contributed by atoms with Crippen LogP contribution >= 0.6 is 23.4 Å². The molecule has 5 heteroatoms. The summed E-state index contributed by atoms with van der Waals surface area (Å²) in [4.78, 5) is 18.5. The van der Waals surface area contributed by atoms with Crippen molar-refractivity contribution < 1.29 is 4.79 Å². The highest BCUT2D eigenvalue weighted by atomic mass is 35.5. The number of rotatable bonds is 4. The summed E-state index contributed by atoms with van der Waals surface area (Å²) in [5, 5.41) is 1.36. The molecule has 1 fully saturated rings. The highest BCUT2D eigenvalue weighted by Crippen LogP contribution is 2.26. The lowest BCUT2D eigenvalue weighted by atomic mass is 10.0. The fourth-order valence-electron chi connectivity index (χ4n) is 2.44. The highest BCUT2D eigenvalue weighted by molar-refractivity contribution is 8.00. The molecular formula is C14H19ClN2OS. The van der Waals surface area contributed by atoms with Gasteiger partial charge < -0.3 is 4.90 Å². The first-order valence-corrected chi connectivity index (χ1v) is 8.11. The van der Waals surface area contributed by atoms with Crippen LogP contribution in [0.4, 0.5) is 0 Å².